The molecule has 0 aliphatic carbocycles. The Labute approximate surface area is 131 Å². The molecule has 1 saturated heterocycles. The number of aromatic amines is 1. The molecule has 2 heterocycles. The summed E-state index contributed by atoms with van der Waals surface area (Å²) in [5.41, 5.74) is 1.50. The Morgan fingerprint density at radius 1 is 1.35 bits per heavy atom. The van der Waals surface area contributed by atoms with E-state index in [0.29, 0.717) is 11.1 Å². The average Bonchev–Trinajstić information content (AvgIpc) is 3.03. The van der Waals surface area contributed by atoms with Gasteiger partial charge in [-0.2, -0.15) is 0 Å². The number of amides is 3. The molecular formula is C16H16FN3O3. The Bertz CT molecular complexity index is 827. The van der Waals surface area contributed by atoms with Crippen molar-refractivity contribution in [3.05, 3.63) is 35.3 Å². The highest BCUT2D eigenvalue weighted by atomic mass is 19.1. The Hall–Kier alpha value is -2.70. The number of carbonyl (C=O) groups is 3. The molecule has 3 amide bonds. The van der Waals surface area contributed by atoms with Crippen LogP contribution >= 0.6 is 0 Å². The smallest absolute Gasteiger partial charge is 0.270 e. The van der Waals surface area contributed by atoms with Crippen molar-refractivity contribution < 1.29 is 18.8 Å². The summed E-state index contributed by atoms with van der Waals surface area (Å²) in [6.07, 6.45) is -0.0354. The molecule has 1 aromatic carbocycles. The molecule has 0 bridgehead atoms. The first-order valence-corrected chi connectivity index (χ1v) is 7.34. The van der Waals surface area contributed by atoms with Crippen LogP contribution in [0.1, 0.15) is 29.4 Å². The molecule has 0 spiro atoms. The maximum atomic E-state index is 13.5. The second-order valence-electron chi connectivity index (χ2n) is 5.59. The number of nitrogens with one attached hydrogen (secondary N) is 2. The zero-order valence-corrected chi connectivity index (χ0v) is 12.8. The predicted octanol–water partition coefficient (Wildman–Crippen LogP) is 1.49. The normalized spacial score (nSPS) is 17.6. The average molecular weight is 317 g/mol. The summed E-state index contributed by atoms with van der Waals surface area (Å²) >= 11 is 0. The van der Waals surface area contributed by atoms with Gasteiger partial charge < -0.3 is 9.88 Å². The first-order valence-electron chi connectivity index (χ1n) is 7.34. The number of imide groups is 1. The van der Waals surface area contributed by atoms with Gasteiger partial charge in [-0.05, 0) is 37.6 Å². The quantitative estimate of drug-likeness (QED) is 0.842. The second-order valence-corrected chi connectivity index (χ2v) is 5.59. The minimum absolute atomic E-state index is 0.0354. The number of rotatable bonds is 3. The van der Waals surface area contributed by atoms with Gasteiger partial charge >= 0.3 is 0 Å². The number of halogens is 1. The third-order valence-corrected chi connectivity index (χ3v) is 4.06. The van der Waals surface area contributed by atoms with Gasteiger partial charge in [0.1, 0.15) is 17.6 Å². The molecule has 1 atom stereocenters. The maximum absolute atomic E-state index is 13.5. The lowest BCUT2D eigenvalue weighted by atomic mass is 10.1. The van der Waals surface area contributed by atoms with Crippen molar-refractivity contribution in [3.8, 4) is 0 Å². The van der Waals surface area contributed by atoms with E-state index < -0.39 is 17.9 Å². The van der Waals surface area contributed by atoms with Gasteiger partial charge in [0.15, 0.2) is 0 Å². The number of aryl methyl sites for hydroxylation is 1. The minimum atomic E-state index is -0.802. The van der Waals surface area contributed by atoms with Gasteiger partial charge in [-0.25, -0.2) is 4.39 Å². The van der Waals surface area contributed by atoms with Gasteiger partial charge in [0.2, 0.25) is 11.8 Å². The van der Waals surface area contributed by atoms with Crippen molar-refractivity contribution in [1.29, 1.82) is 0 Å². The summed E-state index contributed by atoms with van der Waals surface area (Å²) < 4.78 is 13.5. The van der Waals surface area contributed by atoms with Crippen LogP contribution in [0.25, 0.3) is 10.9 Å². The summed E-state index contributed by atoms with van der Waals surface area (Å²) in [5, 5.41) is 2.95. The van der Waals surface area contributed by atoms with Crippen LogP contribution in [0.2, 0.25) is 0 Å². The lowest BCUT2D eigenvalue weighted by Gasteiger charge is -2.24. The van der Waals surface area contributed by atoms with Gasteiger partial charge in [0.05, 0.1) is 6.42 Å². The van der Waals surface area contributed by atoms with E-state index in [0.717, 1.165) is 5.39 Å². The van der Waals surface area contributed by atoms with Crippen LogP contribution in [0.4, 0.5) is 4.39 Å². The Balaban J connectivity index is 1.97. The highest BCUT2D eigenvalue weighted by Gasteiger charge is 2.37. The first kappa shape index (κ1) is 15.2. The molecule has 1 aliphatic rings. The van der Waals surface area contributed by atoms with Gasteiger partial charge in [-0.1, -0.05) is 0 Å². The lowest BCUT2D eigenvalue weighted by molar-refractivity contribution is -0.126. The first-order chi connectivity index (χ1) is 10.9. The Morgan fingerprint density at radius 2 is 2.09 bits per heavy atom. The number of hydrogen-bond acceptors (Lipinski definition) is 3. The fraction of sp³-hybridized carbons (Fsp3) is 0.312. The number of H-pyrrole nitrogens is 1. The molecule has 1 aromatic heterocycles. The van der Waals surface area contributed by atoms with Gasteiger partial charge in [-0.15, -0.1) is 0 Å². The SMILES string of the molecule is CCN(C(=O)c1cc2c(C)cc(F)cc2[nH]1)C1CC(=O)NC1=O. The van der Waals surface area contributed by atoms with Crippen molar-refractivity contribution >= 4 is 28.6 Å². The molecule has 1 aliphatic heterocycles. The van der Waals surface area contributed by atoms with Crippen LogP contribution in [-0.2, 0) is 9.59 Å². The summed E-state index contributed by atoms with van der Waals surface area (Å²) in [5.74, 6) is -1.63. The van der Waals surface area contributed by atoms with Gasteiger partial charge in [0, 0.05) is 17.4 Å². The van der Waals surface area contributed by atoms with Crippen LogP contribution in [-0.4, -0.2) is 40.2 Å². The number of carbonyl (C=O) groups excluding carboxylic acids is 3. The van der Waals surface area contributed by atoms with Crippen molar-refractivity contribution in [2.24, 2.45) is 0 Å². The van der Waals surface area contributed by atoms with E-state index in [1.54, 1.807) is 19.9 Å². The van der Waals surface area contributed by atoms with Crippen LogP contribution in [0.3, 0.4) is 0 Å². The number of benzene rings is 1. The molecule has 0 radical (unpaired) electrons. The monoisotopic (exact) mass is 317 g/mol. The van der Waals surface area contributed by atoms with E-state index in [2.05, 4.69) is 10.3 Å². The molecule has 23 heavy (non-hydrogen) atoms. The fourth-order valence-electron chi connectivity index (χ4n) is 2.94. The highest BCUT2D eigenvalue weighted by molar-refractivity contribution is 6.08. The molecule has 7 heteroatoms. The molecule has 1 fully saturated rings. The summed E-state index contributed by atoms with van der Waals surface area (Å²) in [6, 6.07) is 3.56. The third kappa shape index (κ3) is 2.58. The summed E-state index contributed by atoms with van der Waals surface area (Å²) in [6.45, 7) is 3.78. The van der Waals surface area contributed by atoms with E-state index in [-0.39, 0.29) is 30.4 Å². The van der Waals surface area contributed by atoms with Crippen molar-refractivity contribution in [3.63, 3.8) is 0 Å². The lowest BCUT2D eigenvalue weighted by Crippen LogP contribution is -2.44. The highest BCUT2D eigenvalue weighted by Crippen LogP contribution is 2.23. The zero-order valence-electron chi connectivity index (χ0n) is 12.8. The summed E-state index contributed by atoms with van der Waals surface area (Å²) in [7, 11) is 0. The topological polar surface area (TPSA) is 82.3 Å². The van der Waals surface area contributed by atoms with Crippen LogP contribution in [0, 0.1) is 12.7 Å². The molecule has 120 valence electrons. The van der Waals surface area contributed by atoms with Crippen LogP contribution in [0.5, 0.6) is 0 Å². The summed E-state index contributed by atoms with van der Waals surface area (Å²) in [4.78, 5) is 40.1. The molecular weight excluding hydrogens is 301 g/mol. The zero-order chi connectivity index (χ0) is 16.7. The van der Waals surface area contributed by atoms with E-state index in [9.17, 15) is 18.8 Å². The van der Waals surface area contributed by atoms with Crippen molar-refractivity contribution in [2.75, 3.05) is 6.54 Å². The van der Waals surface area contributed by atoms with E-state index in [1.165, 1.54) is 17.0 Å². The fourth-order valence-corrected chi connectivity index (χ4v) is 2.94. The van der Waals surface area contributed by atoms with E-state index >= 15 is 0 Å². The molecule has 6 nitrogen and oxygen atoms in total. The number of likely N-dealkylation sites (N-methyl/N-ethyl adjacent to an activating group) is 1. The second kappa shape index (κ2) is 5.49. The number of aromatic nitrogens is 1. The Kier molecular flexibility index (Phi) is 3.63. The van der Waals surface area contributed by atoms with E-state index in [4.69, 9.17) is 0 Å². The van der Waals surface area contributed by atoms with Gasteiger partial charge in [-0.3, -0.25) is 19.7 Å². The molecule has 2 aromatic rings. The third-order valence-electron chi connectivity index (χ3n) is 4.06. The molecule has 1 unspecified atom stereocenters. The number of hydrogen-bond donors (Lipinski definition) is 2. The standard InChI is InChI=1S/C16H16FN3O3/c1-3-20(13-7-14(21)19-15(13)22)16(23)12-6-10-8(2)4-9(17)5-11(10)18-12/h4-6,13,18H,3,7H2,1-2H3,(H,19,21,22). The van der Waals surface area contributed by atoms with Gasteiger partial charge in [0.25, 0.3) is 5.91 Å². The molecule has 0 saturated carbocycles. The van der Waals surface area contributed by atoms with Crippen LogP contribution in [0.15, 0.2) is 18.2 Å². The predicted molar refractivity (Wildman–Crippen MR) is 81.3 cm³/mol. The number of fused-ring (bicyclic) bond motifs is 1. The minimum Gasteiger partial charge on any atom is -0.350 e. The van der Waals surface area contributed by atoms with Crippen molar-refractivity contribution in [2.45, 2.75) is 26.3 Å². The maximum Gasteiger partial charge on any atom is 0.270 e. The van der Waals surface area contributed by atoms with E-state index in [1.807, 2.05) is 0 Å². The molecule has 3 rings (SSSR count). The Morgan fingerprint density at radius 3 is 2.70 bits per heavy atom. The number of nitrogens with zero attached hydrogens (tertiary/aromatic N) is 1. The van der Waals surface area contributed by atoms with Crippen molar-refractivity contribution in [1.82, 2.24) is 15.2 Å². The van der Waals surface area contributed by atoms with Crippen LogP contribution < -0.4 is 5.32 Å². The molecule has 2 N–H and O–H groups in total. The largest absolute Gasteiger partial charge is 0.350 e.